The minimum absolute atomic E-state index is 0.366. The summed E-state index contributed by atoms with van der Waals surface area (Å²) in [6.45, 7) is 8.29. The van der Waals surface area contributed by atoms with Crippen molar-refractivity contribution in [3.8, 4) is 6.07 Å². The van der Waals surface area contributed by atoms with Gasteiger partial charge in [-0.2, -0.15) is 5.26 Å². The van der Waals surface area contributed by atoms with Gasteiger partial charge in [0, 0.05) is 11.9 Å². The van der Waals surface area contributed by atoms with Crippen LogP contribution in [-0.2, 0) is 0 Å². The van der Waals surface area contributed by atoms with Crippen molar-refractivity contribution in [2.75, 3.05) is 5.32 Å². The summed E-state index contributed by atoms with van der Waals surface area (Å²) in [4.78, 5) is 4.39. The molecule has 20 heavy (non-hydrogen) atoms. The van der Waals surface area contributed by atoms with Gasteiger partial charge < -0.3 is 5.32 Å². The van der Waals surface area contributed by atoms with Crippen LogP contribution in [0.15, 0.2) is 30.5 Å². The van der Waals surface area contributed by atoms with Gasteiger partial charge in [0.1, 0.15) is 11.9 Å². The molecule has 0 radical (unpaired) electrons. The zero-order chi connectivity index (χ0) is 14.7. The largest absolute Gasteiger partial charge is 0.339 e. The van der Waals surface area contributed by atoms with E-state index in [-0.39, 0.29) is 0 Å². The Morgan fingerprint density at radius 1 is 1.10 bits per heavy atom. The first-order chi connectivity index (χ1) is 9.49. The molecule has 0 amide bonds. The summed E-state index contributed by atoms with van der Waals surface area (Å²) >= 11 is 0. The smallest absolute Gasteiger partial charge is 0.148 e. The molecule has 0 unspecified atom stereocenters. The topological polar surface area (TPSA) is 48.7 Å². The van der Waals surface area contributed by atoms with E-state index in [2.05, 4.69) is 50.1 Å². The molecule has 0 atom stereocenters. The Hall–Kier alpha value is -2.34. The van der Waals surface area contributed by atoms with Crippen molar-refractivity contribution < 1.29 is 0 Å². The Bertz CT molecular complexity index is 646. The Labute approximate surface area is 120 Å². The fraction of sp³-hybridized carbons (Fsp3) is 0.294. The van der Waals surface area contributed by atoms with Crippen LogP contribution in [0.2, 0.25) is 0 Å². The van der Waals surface area contributed by atoms with Crippen molar-refractivity contribution in [2.45, 2.75) is 33.6 Å². The maximum Gasteiger partial charge on any atom is 0.148 e. The maximum absolute atomic E-state index is 9.28. The third kappa shape index (κ3) is 3.16. The molecule has 0 aliphatic heterocycles. The summed E-state index contributed by atoms with van der Waals surface area (Å²) in [5.41, 5.74) is 4.99. The summed E-state index contributed by atoms with van der Waals surface area (Å²) in [7, 11) is 0. The van der Waals surface area contributed by atoms with Crippen molar-refractivity contribution in [3.05, 3.63) is 52.7 Å². The van der Waals surface area contributed by atoms with Gasteiger partial charge in [-0.05, 0) is 54.7 Å². The highest BCUT2D eigenvalue weighted by Crippen LogP contribution is 2.23. The van der Waals surface area contributed by atoms with E-state index >= 15 is 0 Å². The predicted octanol–water partition coefficient (Wildman–Crippen LogP) is 4.44. The minimum atomic E-state index is 0.366. The van der Waals surface area contributed by atoms with Gasteiger partial charge >= 0.3 is 0 Å². The number of aryl methyl sites for hydroxylation is 2. The van der Waals surface area contributed by atoms with Gasteiger partial charge in [0.2, 0.25) is 0 Å². The number of rotatable bonds is 3. The molecule has 1 aromatic heterocycles. The zero-order valence-electron chi connectivity index (χ0n) is 12.4. The Morgan fingerprint density at radius 2 is 1.75 bits per heavy atom. The van der Waals surface area contributed by atoms with Gasteiger partial charge in [0.15, 0.2) is 0 Å². The lowest BCUT2D eigenvalue weighted by Crippen LogP contribution is -2.00. The highest BCUT2D eigenvalue weighted by molar-refractivity contribution is 5.64. The third-order valence-corrected chi connectivity index (χ3v) is 3.18. The van der Waals surface area contributed by atoms with E-state index in [1.165, 1.54) is 11.1 Å². The number of anilines is 2. The molecule has 0 bridgehead atoms. The monoisotopic (exact) mass is 265 g/mol. The van der Waals surface area contributed by atoms with E-state index in [4.69, 9.17) is 0 Å². The molecule has 0 fully saturated rings. The molecule has 3 heteroatoms. The van der Waals surface area contributed by atoms with Crippen LogP contribution in [0.4, 0.5) is 11.5 Å². The molecule has 1 heterocycles. The average Bonchev–Trinajstić information content (AvgIpc) is 2.37. The van der Waals surface area contributed by atoms with E-state index in [0.29, 0.717) is 17.3 Å². The van der Waals surface area contributed by atoms with Gasteiger partial charge in [0.05, 0.1) is 5.56 Å². The van der Waals surface area contributed by atoms with Crippen LogP contribution in [0.5, 0.6) is 0 Å². The fourth-order valence-corrected chi connectivity index (χ4v) is 2.17. The zero-order valence-corrected chi connectivity index (χ0v) is 12.4. The summed E-state index contributed by atoms with van der Waals surface area (Å²) < 4.78 is 0. The van der Waals surface area contributed by atoms with Crippen molar-refractivity contribution >= 4 is 11.5 Å². The van der Waals surface area contributed by atoms with Crippen molar-refractivity contribution in [1.29, 1.82) is 5.26 Å². The second kappa shape index (κ2) is 5.75. The van der Waals surface area contributed by atoms with Crippen LogP contribution >= 0.6 is 0 Å². The summed E-state index contributed by atoms with van der Waals surface area (Å²) in [6, 6.07) is 10.3. The molecule has 0 saturated heterocycles. The lowest BCUT2D eigenvalue weighted by molar-refractivity contribution is 0.858. The van der Waals surface area contributed by atoms with Gasteiger partial charge in [-0.1, -0.05) is 19.9 Å². The van der Waals surface area contributed by atoms with Crippen LogP contribution in [0.3, 0.4) is 0 Å². The number of hydrogen-bond acceptors (Lipinski definition) is 3. The first-order valence-electron chi connectivity index (χ1n) is 6.75. The van der Waals surface area contributed by atoms with Gasteiger partial charge in [-0.15, -0.1) is 0 Å². The standard InChI is InChI=1S/C17H19N3/c1-11(2)15-8-14(9-18)17(19-10-15)20-16-6-12(3)5-13(4)7-16/h5-8,10-11H,1-4H3,(H,19,20). The maximum atomic E-state index is 9.28. The quantitative estimate of drug-likeness (QED) is 0.892. The number of nitriles is 1. The molecule has 0 spiro atoms. The molecule has 0 aliphatic carbocycles. The highest BCUT2D eigenvalue weighted by atomic mass is 15.0. The van der Waals surface area contributed by atoms with Crippen LogP contribution in [-0.4, -0.2) is 4.98 Å². The van der Waals surface area contributed by atoms with Gasteiger partial charge in [-0.25, -0.2) is 4.98 Å². The Morgan fingerprint density at radius 3 is 2.30 bits per heavy atom. The second-order valence-electron chi connectivity index (χ2n) is 5.43. The SMILES string of the molecule is Cc1cc(C)cc(Nc2ncc(C(C)C)cc2C#N)c1. The van der Waals surface area contributed by atoms with Gasteiger partial charge in [0.25, 0.3) is 0 Å². The Kier molecular flexibility index (Phi) is 4.05. The number of nitrogens with one attached hydrogen (secondary N) is 1. The normalized spacial score (nSPS) is 10.4. The number of aromatic nitrogens is 1. The van der Waals surface area contributed by atoms with E-state index in [1.807, 2.05) is 24.4 Å². The molecule has 1 N–H and O–H groups in total. The predicted molar refractivity (Wildman–Crippen MR) is 82.2 cm³/mol. The first-order valence-corrected chi connectivity index (χ1v) is 6.75. The molecule has 102 valence electrons. The van der Waals surface area contributed by atoms with Crippen LogP contribution in [0.25, 0.3) is 0 Å². The lowest BCUT2D eigenvalue weighted by atomic mass is 10.0. The summed E-state index contributed by atoms with van der Waals surface area (Å²) in [5.74, 6) is 0.978. The number of benzene rings is 1. The van der Waals surface area contributed by atoms with Gasteiger partial charge in [-0.3, -0.25) is 0 Å². The number of nitrogens with zero attached hydrogens (tertiary/aromatic N) is 2. The van der Waals surface area contributed by atoms with Crippen LogP contribution in [0, 0.1) is 25.2 Å². The Balaban J connectivity index is 2.36. The second-order valence-corrected chi connectivity index (χ2v) is 5.43. The molecule has 3 nitrogen and oxygen atoms in total. The molecule has 0 saturated carbocycles. The molecule has 1 aromatic carbocycles. The third-order valence-electron chi connectivity index (χ3n) is 3.18. The highest BCUT2D eigenvalue weighted by Gasteiger charge is 2.08. The molecular formula is C17H19N3. The lowest BCUT2D eigenvalue weighted by Gasteiger charge is -2.11. The molecular weight excluding hydrogens is 246 g/mol. The van der Waals surface area contributed by atoms with E-state index in [9.17, 15) is 5.26 Å². The van der Waals surface area contributed by atoms with Crippen molar-refractivity contribution in [2.24, 2.45) is 0 Å². The van der Waals surface area contributed by atoms with Crippen molar-refractivity contribution in [1.82, 2.24) is 4.98 Å². The van der Waals surface area contributed by atoms with E-state index in [1.54, 1.807) is 0 Å². The summed E-state index contributed by atoms with van der Waals surface area (Å²) in [5, 5.41) is 12.5. The van der Waals surface area contributed by atoms with E-state index < -0.39 is 0 Å². The van der Waals surface area contributed by atoms with Crippen LogP contribution < -0.4 is 5.32 Å². The number of hydrogen-bond donors (Lipinski definition) is 1. The fourth-order valence-electron chi connectivity index (χ4n) is 2.17. The first kappa shape index (κ1) is 14.1. The van der Waals surface area contributed by atoms with Crippen LogP contribution in [0.1, 0.15) is 42.0 Å². The number of pyridine rings is 1. The summed E-state index contributed by atoms with van der Waals surface area (Å²) in [6.07, 6.45) is 1.83. The average molecular weight is 265 g/mol. The molecule has 0 aliphatic rings. The minimum Gasteiger partial charge on any atom is -0.339 e. The molecule has 2 rings (SSSR count). The van der Waals surface area contributed by atoms with Crippen molar-refractivity contribution in [3.63, 3.8) is 0 Å². The molecule has 2 aromatic rings. The van der Waals surface area contributed by atoms with E-state index in [0.717, 1.165) is 11.3 Å².